The van der Waals surface area contributed by atoms with Gasteiger partial charge in [-0.1, -0.05) is 30.3 Å². The first-order valence-corrected chi connectivity index (χ1v) is 9.87. The maximum atomic E-state index is 12.6. The molecule has 0 saturated carbocycles. The van der Waals surface area contributed by atoms with Gasteiger partial charge in [0.2, 0.25) is 5.91 Å². The molecule has 3 heterocycles. The summed E-state index contributed by atoms with van der Waals surface area (Å²) in [6.45, 7) is 4.28. The van der Waals surface area contributed by atoms with Gasteiger partial charge in [-0.2, -0.15) is 0 Å². The minimum Gasteiger partial charge on any atom is -0.347 e. The van der Waals surface area contributed by atoms with Crippen LogP contribution in [0.2, 0.25) is 0 Å². The number of rotatable bonds is 6. The Morgan fingerprint density at radius 3 is 2.89 bits per heavy atom. The largest absolute Gasteiger partial charge is 0.347 e. The smallest absolute Gasteiger partial charge is 0.237 e. The molecule has 1 spiro atoms. The maximum Gasteiger partial charge on any atom is 0.237 e. The highest BCUT2D eigenvalue weighted by Gasteiger charge is 2.42. The van der Waals surface area contributed by atoms with Crippen LogP contribution in [0.1, 0.15) is 30.7 Å². The molecule has 4 rings (SSSR count). The fraction of sp³-hybridized carbons (Fsp3) is 0.550. The summed E-state index contributed by atoms with van der Waals surface area (Å²) >= 11 is 0. The van der Waals surface area contributed by atoms with Crippen LogP contribution in [0.4, 0.5) is 0 Å². The number of nitrogens with zero attached hydrogens (tertiary/aromatic N) is 3. The topological polar surface area (TPSA) is 83.9 Å². The van der Waals surface area contributed by atoms with E-state index >= 15 is 0 Å². The number of aryl methyl sites for hydroxylation is 2. The highest BCUT2D eigenvalue weighted by Crippen LogP contribution is 2.37. The summed E-state index contributed by atoms with van der Waals surface area (Å²) < 4.78 is 2.02. The lowest BCUT2D eigenvalue weighted by molar-refractivity contribution is -0.123. The van der Waals surface area contributed by atoms with Gasteiger partial charge in [0.25, 0.3) is 0 Å². The van der Waals surface area contributed by atoms with Crippen LogP contribution in [0.5, 0.6) is 0 Å². The Labute approximate surface area is 159 Å². The van der Waals surface area contributed by atoms with E-state index in [-0.39, 0.29) is 11.9 Å². The van der Waals surface area contributed by atoms with Crippen LogP contribution in [0.3, 0.4) is 0 Å². The lowest BCUT2D eigenvalue weighted by Gasteiger charge is -2.33. The van der Waals surface area contributed by atoms with Gasteiger partial charge in [0.15, 0.2) is 5.82 Å². The fourth-order valence-electron chi connectivity index (χ4n) is 4.23. The zero-order valence-corrected chi connectivity index (χ0v) is 15.7. The van der Waals surface area contributed by atoms with E-state index in [1.54, 1.807) is 6.33 Å². The Morgan fingerprint density at radius 2 is 2.07 bits per heavy atom. The second-order valence-corrected chi connectivity index (χ2v) is 7.78. The Kier molecular flexibility index (Phi) is 5.50. The number of piperidine rings is 1. The summed E-state index contributed by atoms with van der Waals surface area (Å²) in [5, 5.41) is 18.1. The molecule has 1 aromatic carbocycles. The number of carbonyl (C=O) groups excluding carboxylic acids is 1. The van der Waals surface area contributed by atoms with E-state index in [9.17, 15) is 4.79 Å². The summed E-state index contributed by atoms with van der Waals surface area (Å²) in [6.07, 6.45) is 5.89. The van der Waals surface area contributed by atoms with Crippen molar-refractivity contribution in [2.75, 3.05) is 19.6 Å². The molecule has 2 saturated heterocycles. The molecule has 2 aromatic rings. The van der Waals surface area contributed by atoms with Crippen LogP contribution in [-0.4, -0.2) is 46.3 Å². The van der Waals surface area contributed by atoms with Gasteiger partial charge < -0.3 is 20.5 Å². The molecule has 0 radical (unpaired) electrons. The van der Waals surface area contributed by atoms with Crippen molar-refractivity contribution >= 4 is 5.91 Å². The third-order valence-electron chi connectivity index (χ3n) is 5.94. The van der Waals surface area contributed by atoms with Crippen LogP contribution >= 0.6 is 0 Å². The average Bonchev–Trinajstić information content (AvgIpc) is 3.33. The van der Waals surface area contributed by atoms with Crippen molar-refractivity contribution in [2.24, 2.45) is 5.41 Å². The highest BCUT2D eigenvalue weighted by atomic mass is 16.2. The minimum atomic E-state index is -0.0937. The first kappa shape index (κ1) is 18.1. The monoisotopic (exact) mass is 368 g/mol. The summed E-state index contributed by atoms with van der Waals surface area (Å²) in [7, 11) is 0. The SMILES string of the molecule is O=C(NCc1nncn1CCc1ccccc1)[C@H]1CC2(CCNCC2)CN1. The lowest BCUT2D eigenvalue weighted by Crippen LogP contribution is -2.40. The molecule has 7 heteroatoms. The average molecular weight is 368 g/mol. The number of benzene rings is 1. The number of aromatic nitrogens is 3. The summed E-state index contributed by atoms with van der Waals surface area (Å²) in [6, 6.07) is 10.3. The molecule has 1 atom stereocenters. The van der Waals surface area contributed by atoms with Crippen LogP contribution in [0.15, 0.2) is 36.7 Å². The molecule has 1 aromatic heterocycles. The van der Waals surface area contributed by atoms with Gasteiger partial charge in [0.1, 0.15) is 6.33 Å². The number of carbonyl (C=O) groups is 1. The summed E-state index contributed by atoms with van der Waals surface area (Å²) in [5.41, 5.74) is 1.58. The number of hydrogen-bond acceptors (Lipinski definition) is 5. The zero-order chi connectivity index (χ0) is 18.5. The Bertz CT molecular complexity index is 753. The molecule has 2 aliphatic rings. The van der Waals surface area contributed by atoms with E-state index in [4.69, 9.17) is 0 Å². The normalized spacial score (nSPS) is 21.4. The Hall–Kier alpha value is -2.25. The van der Waals surface area contributed by atoms with E-state index in [0.717, 1.165) is 57.7 Å². The number of hydrogen-bond donors (Lipinski definition) is 3. The van der Waals surface area contributed by atoms with Gasteiger partial charge >= 0.3 is 0 Å². The second kappa shape index (κ2) is 8.19. The third kappa shape index (κ3) is 4.36. The van der Waals surface area contributed by atoms with Crippen LogP contribution in [-0.2, 0) is 24.3 Å². The molecular weight excluding hydrogens is 340 g/mol. The fourth-order valence-corrected chi connectivity index (χ4v) is 4.23. The van der Waals surface area contributed by atoms with Crippen molar-refractivity contribution in [3.05, 3.63) is 48.0 Å². The number of amides is 1. The zero-order valence-electron chi connectivity index (χ0n) is 15.7. The molecule has 0 aliphatic carbocycles. The first-order valence-electron chi connectivity index (χ1n) is 9.87. The van der Waals surface area contributed by atoms with Gasteiger partial charge in [0, 0.05) is 13.1 Å². The highest BCUT2D eigenvalue weighted by molar-refractivity contribution is 5.82. The predicted molar refractivity (Wildman–Crippen MR) is 103 cm³/mol. The Balaban J connectivity index is 1.28. The summed E-state index contributed by atoms with van der Waals surface area (Å²) in [4.78, 5) is 12.6. The van der Waals surface area contributed by atoms with Crippen molar-refractivity contribution in [3.8, 4) is 0 Å². The minimum absolute atomic E-state index is 0.0722. The van der Waals surface area contributed by atoms with Gasteiger partial charge in [-0.15, -0.1) is 10.2 Å². The quantitative estimate of drug-likeness (QED) is 0.705. The second-order valence-electron chi connectivity index (χ2n) is 7.78. The van der Waals surface area contributed by atoms with Crippen molar-refractivity contribution in [1.82, 2.24) is 30.7 Å². The molecule has 27 heavy (non-hydrogen) atoms. The molecule has 1 amide bonds. The van der Waals surface area contributed by atoms with E-state index in [0.29, 0.717) is 12.0 Å². The third-order valence-corrected chi connectivity index (χ3v) is 5.94. The van der Waals surface area contributed by atoms with Gasteiger partial charge in [-0.3, -0.25) is 4.79 Å². The first-order chi connectivity index (χ1) is 13.2. The molecular formula is C20H28N6O. The summed E-state index contributed by atoms with van der Waals surface area (Å²) in [5.74, 6) is 0.872. The molecule has 2 aliphatic heterocycles. The molecule has 0 unspecified atom stereocenters. The van der Waals surface area contributed by atoms with Crippen molar-refractivity contribution in [3.63, 3.8) is 0 Å². The molecule has 7 nitrogen and oxygen atoms in total. The van der Waals surface area contributed by atoms with Crippen LogP contribution in [0.25, 0.3) is 0 Å². The Morgan fingerprint density at radius 1 is 1.26 bits per heavy atom. The van der Waals surface area contributed by atoms with Crippen molar-refractivity contribution in [1.29, 1.82) is 0 Å². The van der Waals surface area contributed by atoms with E-state index in [1.165, 1.54) is 5.56 Å². The number of nitrogens with one attached hydrogen (secondary N) is 3. The molecule has 144 valence electrons. The van der Waals surface area contributed by atoms with Gasteiger partial charge in [0.05, 0.1) is 12.6 Å². The van der Waals surface area contributed by atoms with Crippen LogP contribution in [0, 0.1) is 5.41 Å². The molecule has 0 bridgehead atoms. The van der Waals surface area contributed by atoms with Crippen molar-refractivity contribution in [2.45, 2.75) is 44.8 Å². The van der Waals surface area contributed by atoms with Crippen LogP contribution < -0.4 is 16.0 Å². The van der Waals surface area contributed by atoms with Crippen molar-refractivity contribution < 1.29 is 4.79 Å². The van der Waals surface area contributed by atoms with Gasteiger partial charge in [-0.05, 0) is 49.8 Å². The molecule has 3 N–H and O–H groups in total. The van der Waals surface area contributed by atoms with E-state index in [2.05, 4.69) is 38.3 Å². The van der Waals surface area contributed by atoms with E-state index < -0.39 is 0 Å². The predicted octanol–water partition coefficient (Wildman–Crippen LogP) is 0.869. The van der Waals surface area contributed by atoms with E-state index in [1.807, 2.05) is 22.8 Å². The molecule has 2 fully saturated rings. The van der Waals surface area contributed by atoms with Gasteiger partial charge in [-0.25, -0.2) is 0 Å². The maximum absolute atomic E-state index is 12.6. The standard InChI is InChI=1S/C20H28N6O/c27-19(17-12-20(14-23-17)7-9-21-10-8-20)22-13-18-25-24-15-26(18)11-6-16-4-2-1-3-5-16/h1-5,15,17,21,23H,6-14H2,(H,22,27)/t17-/m1/s1. The lowest BCUT2D eigenvalue weighted by atomic mass is 9.77.